The summed E-state index contributed by atoms with van der Waals surface area (Å²) in [6.07, 6.45) is 10.1. The van der Waals surface area contributed by atoms with Crippen molar-refractivity contribution in [3.63, 3.8) is 0 Å². The number of carbonyl (C=O) groups is 4. The number of carboxylic acids is 1. The van der Waals surface area contributed by atoms with E-state index in [1.807, 2.05) is 6.92 Å². The topological polar surface area (TPSA) is 146 Å². The number of carboxylic acid groups (broad SMARTS) is 1. The minimum absolute atomic E-state index is 0.0195. The normalized spacial score (nSPS) is 40.3. The minimum atomic E-state index is -1.14. The summed E-state index contributed by atoms with van der Waals surface area (Å²) >= 11 is 0. The van der Waals surface area contributed by atoms with E-state index in [0.717, 1.165) is 36.8 Å². The highest BCUT2D eigenvalue weighted by Gasteiger charge is 2.72. The average Bonchev–Trinajstić information content (AvgIpc) is 3.08. The highest BCUT2D eigenvalue weighted by Crippen LogP contribution is 2.76. The third kappa shape index (κ3) is 6.42. The summed E-state index contributed by atoms with van der Waals surface area (Å²) < 4.78 is 22.9. The van der Waals surface area contributed by atoms with Gasteiger partial charge < -0.3 is 29.2 Å². The quantitative estimate of drug-likeness (QED) is 0.116. The molecule has 0 heterocycles. The van der Waals surface area contributed by atoms with Crippen molar-refractivity contribution >= 4 is 23.9 Å². The lowest BCUT2D eigenvalue weighted by atomic mass is 9.33. The Labute approximate surface area is 326 Å². The number of allylic oxidation sites excluding steroid dienone is 2. The number of benzene rings is 1. The second-order valence-corrected chi connectivity index (χ2v) is 19.1. The van der Waals surface area contributed by atoms with Crippen LogP contribution in [-0.4, -0.2) is 59.0 Å². The lowest BCUT2D eigenvalue weighted by molar-refractivity contribution is -0.246. The molecule has 0 aromatic heterocycles. The highest BCUT2D eigenvalue weighted by atomic mass is 16.6. The van der Waals surface area contributed by atoms with Crippen LogP contribution in [0.2, 0.25) is 0 Å². The molecular formula is C45H62O10. The molecule has 0 radical (unpaired) electrons. The number of methoxy groups -OCH3 is 1. The summed E-state index contributed by atoms with van der Waals surface area (Å²) in [5.41, 5.74) is -1.51. The number of fused-ring (bicyclic) bond motifs is 7. The second kappa shape index (κ2) is 14.1. The second-order valence-electron chi connectivity index (χ2n) is 19.1. The van der Waals surface area contributed by atoms with Gasteiger partial charge >= 0.3 is 23.9 Å². The van der Waals surface area contributed by atoms with E-state index < -0.39 is 58.4 Å². The van der Waals surface area contributed by atoms with Crippen molar-refractivity contribution in [3.05, 3.63) is 47.6 Å². The summed E-state index contributed by atoms with van der Waals surface area (Å²) in [4.78, 5) is 50.8. The van der Waals surface area contributed by atoms with E-state index in [0.29, 0.717) is 43.6 Å². The van der Waals surface area contributed by atoms with Crippen molar-refractivity contribution in [2.45, 2.75) is 138 Å². The third-order valence-electron chi connectivity index (χ3n) is 16.0. The molecule has 1 aromatic carbocycles. The molecule has 0 saturated heterocycles. The Morgan fingerprint density at radius 2 is 1.60 bits per heavy atom. The molecule has 0 amide bonds. The number of rotatable bonds is 8. The fraction of sp³-hybridized carbons (Fsp3) is 0.689. The van der Waals surface area contributed by atoms with E-state index in [-0.39, 0.29) is 34.0 Å². The van der Waals surface area contributed by atoms with Gasteiger partial charge in [-0.1, -0.05) is 65.3 Å². The van der Waals surface area contributed by atoms with E-state index >= 15 is 0 Å². The Bertz CT molecular complexity index is 1790. The average molecular weight is 763 g/mol. The van der Waals surface area contributed by atoms with Gasteiger partial charge in [-0.3, -0.25) is 14.4 Å². The smallest absolute Gasteiger partial charge is 0.330 e. The van der Waals surface area contributed by atoms with Crippen LogP contribution in [0.3, 0.4) is 0 Å². The van der Waals surface area contributed by atoms with Crippen molar-refractivity contribution < 1.29 is 48.3 Å². The fourth-order valence-electron chi connectivity index (χ4n) is 13.0. The summed E-state index contributed by atoms with van der Waals surface area (Å²) in [5.74, 6) is -1.59. The lowest BCUT2D eigenvalue weighted by Gasteiger charge is -2.72. The molecule has 55 heavy (non-hydrogen) atoms. The number of carbonyl (C=O) groups excluding carboxylic acids is 3. The predicted molar refractivity (Wildman–Crippen MR) is 206 cm³/mol. The number of hydrogen-bond acceptors (Lipinski definition) is 9. The zero-order valence-corrected chi connectivity index (χ0v) is 34.5. The Morgan fingerprint density at radius 3 is 2.24 bits per heavy atom. The minimum Gasteiger partial charge on any atom is -0.493 e. The maximum Gasteiger partial charge on any atom is 0.330 e. The first-order chi connectivity index (χ1) is 25.6. The monoisotopic (exact) mass is 762 g/mol. The highest BCUT2D eigenvalue weighted by molar-refractivity contribution is 5.82. The Kier molecular flexibility index (Phi) is 10.5. The van der Waals surface area contributed by atoms with Gasteiger partial charge in [0.25, 0.3) is 0 Å². The molecule has 10 heteroatoms. The zero-order valence-electron chi connectivity index (χ0n) is 34.5. The summed E-state index contributed by atoms with van der Waals surface area (Å²) in [7, 11) is 1.49. The first-order valence-electron chi connectivity index (χ1n) is 20.1. The van der Waals surface area contributed by atoms with Gasteiger partial charge in [-0.2, -0.15) is 0 Å². The first kappa shape index (κ1) is 41.0. The molecule has 11 atom stereocenters. The Morgan fingerprint density at radius 1 is 0.891 bits per heavy atom. The molecule has 302 valence electrons. The van der Waals surface area contributed by atoms with Gasteiger partial charge in [-0.25, -0.2) is 4.79 Å². The Balaban J connectivity index is 1.28. The van der Waals surface area contributed by atoms with Crippen LogP contribution in [-0.2, 0) is 35.1 Å². The molecule has 0 aliphatic heterocycles. The van der Waals surface area contributed by atoms with Crippen molar-refractivity contribution in [1.29, 1.82) is 0 Å². The van der Waals surface area contributed by atoms with Crippen molar-refractivity contribution in [2.75, 3.05) is 7.11 Å². The molecule has 6 rings (SSSR count). The van der Waals surface area contributed by atoms with Gasteiger partial charge in [0.05, 0.1) is 18.1 Å². The van der Waals surface area contributed by atoms with Gasteiger partial charge in [0.1, 0.15) is 12.2 Å². The van der Waals surface area contributed by atoms with Crippen molar-refractivity contribution in [2.24, 2.45) is 50.7 Å². The molecular weight excluding hydrogens is 700 g/mol. The lowest BCUT2D eigenvalue weighted by Crippen LogP contribution is -2.69. The van der Waals surface area contributed by atoms with Crippen LogP contribution in [0.15, 0.2) is 42.0 Å². The van der Waals surface area contributed by atoms with Crippen molar-refractivity contribution in [3.8, 4) is 11.5 Å². The third-order valence-corrected chi connectivity index (χ3v) is 16.0. The van der Waals surface area contributed by atoms with Crippen LogP contribution in [0.1, 0.15) is 119 Å². The molecule has 5 aliphatic carbocycles. The van der Waals surface area contributed by atoms with Crippen LogP contribution in [0.25, 0.3) is 0 Å². The molecule has 4 saturated carbocycles. The van der Waals surface area contributed by atoms with E-state index in [2.05, 4.69) is 47.6 Å². The van der Waals surface area contributed by atoms with Gasteiger partial charge in [0.2, 0.25) is 0 Å². The molecule has 4 fully saturated rings. The molecule has 1 aromatic rings. The predicted octanol–water partition coefficient (Wildman–Crippen LogP) is 8.03. The SMILES string of the molecule is COc1cc(C/C=C/C(=O)O[C@@H]2[C@H](OC(C)=O)C[C@@]3(C)C(CC[C@]4(C)[C@@H]3CC=C3[C@@H]5[C@](C(=O)O)(CC[C@@H](C)[C@@]5(C)O)CC[C@]34C)C2(C)C)ccc1OC(C)=O. The molecule has 1 unspecified atom stereocenters. The van der Waals surface area contributed by atoms with E-state index in [1.54, 1.807) is 24.3 Å². The number of hydrogen-bond donors (Lipinski definition) is 2. The van der Waals surface area contributed by atoms with Crippen LogP contribution in [0.4, 0.5) is 0 Å². The molecule has 0 spiro atoms. The molecule has 10 nitrogen and oxygen atoms in total. The number of ether oxygens (including phenoxy) is 4. The molecule has 5 aliphatic rings. The zero-order chi connectivity index (χ0) is 40.5. The standard InChI is InChI=1S/C45H62O10/c1-26-18-21-45(39(49)50)23-22-42(7)30(37(45)44(26,9)51)15-17-35-41(6)25-33(54-28(3)47)38(40(4,5)34(41)19-20-43(35,42)8)55-36(48)13-11-12-29-14-16-31(53-27(2)46)32(24-29)52-10/h11,13-16,24,26,33-35,37-38,51H,12,17-23,25H2,1-10H3,(H,49,50)/b13-11+/t26-,33-,34?,35-,37+,38-,41+,42-,43-,44-,45+/m1/s1. The van der Waals surface area contributed by atoms with Gasteiger partial charge in [-0.15, -0.1) is 0 Å². The van der Waals surface area contributed by atoms with Gasteiger partial charge in [0.15, 0.2) is 11.5 Å². The van der Waals surface area contributed by atoms with E-state index in [4.69, 9.17) is 18.9 Å². The maximum absolute atomic E-state index is 13.5. The van der Waals surface area contributed by atoms with Crippen molar-refractivity contribution in [1.82, 2.24) is 0 Å². The Hall–Kier alpha value is -3.66. The number of esters is 3. The van der Waals surface area contributed by atoms with Crippen LogP contribution < -0.4 is 9.47 Å². The summed E-state index contributed by atoms with van der Waals surface area (Å²) in [6, 6.07) is 5.21. The largest absolute Gasteiger partial charge is 0.493 e. The summed E-state index contributed by atoms with van der Waals surface area (Å²) in [6.45, 7) is 18.0. The van der Waals surface area contributed by atoms with E-state index in [1.165, 1.54) is 27.0 Å². The molecule has 2 N–H and O–H groups in total. The maximum atomic E-state index is 13.5. The fourth-order valence-corrected chi connectivity index (χ4v) is 13.0. The number of aliphatic carboxylic acids is 1. The van der Waals surface area contributed by atoms with Gasteiger partial charge in [0, 0.05) is 31.3 Å². The van der Waals surface area contributed by atoms with Crippen LogP contribution in [0, 0.1) is 50.7 Å². The summed E-state index contributed by atoms with van der Waals surface area (Å²) in [5, 5.41) is 22.9. The first-order valence-corrected chi connectivity index (χ1v) is 20.1. The van der Waals surface area contributed by atoms with Crippen LogP contribution in [0.5, 0.6) is 11.5 Å². The molecule has 0 bridgehead atoms. The number of aliphatic hydroxyl groups is 1. The van der Waals surface area contributed by atoms with E-state index in [9.17, 15) is 29.4 Å². The van der Waals surface area contributed by atoms with Crippen LogP contribution >= 0.6 is 0 Å². The van der Waals surface area contributed by atoms with Gasteiger partial charge in [-0.05, 0) is 116 Å².